The number of carbonyl (C=O) groups excluding carboxylic acids is 11. The topological polar surface area (TPSA) is 494 Å². The number of primary amides is 2. The molecule has 6 rings (SSSR count). The molecule has 4 aromatic carbocycles. The zero-order chi connectivity index (χ0) is 67.9. The Bertz CT molecular complexity index is 3630. The summed E-state index contributed by atoms with van der Waals surface area (Å²) in [4.78, 5) is 157. The molecular formula is C63H81N17O13. The van der Waals surface area contributed by atoms with Crippen LogP contribution >= 0.6 is 0 Å². The van der Waals surface area contributed by atoms with Gasteiger partial charge in [0.2, 0.25) is 53.2 Å². The van der Waals surface area contributed by atoms with Gasteiger partial charge in [0, 0.05) is 73.4 Å². The second kappa shape index (κ2) is 34.2. The number of urea groups is 1. The molecule has 93 heavy (non-hydrogen) atoms. The highest BCUT2D eigenvalue weighted by Crippen LogP contribution is 2.22. The van der Waals surface area contributed by atoms with E-state index in [2.05, 4.69) is 68.7 Å². The van der Waals surface area contributed by atoms with Gasteiger partial charge in [0.05, 0.1) is 12.5 Å². The largest absolute Gasteiger partial charge is 0.508 e. The number of hydrazine groups is 1. The van der Waals surface area contributed by atoms with Crippen molar-refractivity contribution in [3.05, 3.63) is 138 Å². The van der Waals surface area contributed by atoms with Crippen LogP contribution < -0.4 is 75.9 Å². The number of hydrogen-bond donors (Lipinski definition) is 19. The number of phenolic OH excluding ortho intramolecular Hbond substituents is 1. The molecular weight excluding hydrogens is 1200 g/mol. The molecule has 0 aliphatic carbocycles. The van der Waals surface area contributed by atoms with Gasteiger partial charge in [-0.25, -0.2) is 10.2 Å². The van der Waals surface area contributed by atoms with Crippen LogP contribution in [0.2, 0.25) is 0 Å². The third-order valence-electron chi connectivity index (χ3n) is 14.8. The lowest BCUT2D eigenvalue weighted by Crippen LogP contribution is -2.62. The van der Waals surface area contributed by atoms with Gasteiger partial charge in [0.1, 0.15) is 54.1 Å². The number of aromatic hydroxyl groups is 1. The first kappa shape index (κ1) is 71.0. The van der Waals surface area contributed by atoms with E-state index in [0.717, 1.165) is 17.8 Å². The molecule has 9 atom stereocenters. The summed E-state index contributed by atoms with van der Waals surface area (Å²) < 4.78 is 0. The van der Waals surface area contributed by atoms with Crippen LogP contribution in [-0.4, -0.2) is 152 Å². The number of H-pyrrole nitrogens is 2. The highest BCUT2D eigenvalue weighted by Gasteiger charge is 2.36. The number of aliphatic hydroxyl groups excluding tert-OH is 1. The normalized spacial score (nSPS) is 14.0. The Morgan fingerprint density at radius 2 is 0.978 bits per heavy atom. The van der Waals surface area contributed by atoms with Crippen LogP contribution in [0.3, 0.4) is 0 Å². The maximum atomic E-state index is 14.5. The summed E-state index contributed by atoms with van der Waals surface area (Å²) >= 11 is 0. The number of para-hydroxylation sites is 2. The molecule has 12 amide bonds. The first-order chi connectivity index (χ1) is 44.2. The predicted molar refractivity (Wildman–Crippen MR) is 342 cm³/mol. The smallest absolute Gasteiger partial charge is 0.334 e. The SMILES string of the molecule is CC(=O)N[C@H](Cc1ccc(O)cc1)C(=O)N[C@H](Cc1c[nH]c2ccccc12)C(=O)N[C@@H](CC(N)=O)C(=O)N[C@H](C(=O)N[C@@H](Cc1ccccc1)C(=O)NNC(=O)N[C@@H](CC(C)C)C(=O)N[C@@H](CCCNC(=N)N)C(=O)N[C@@H](Cc1c[nH]c2ccccc12)C(N)=O)[C@@H](C)O. The van der Waals surface area contributed by atoms with Gasteiger partial charge in [-0.2, -0.15) is 0 Å². The molecule has 496 valence electrons. The van der Waals surface area contributed by atoms with Gasteiger partial charge in [-0.1, -0.05) is 92.7 Å². The molecule has 0 aliphatic heterocycles. The molecule has 0 saturated carbocycles. The molecule has 0 fully saturated rings. The van der Waals surface area contributed by atoms with Crippen LogP contribution in [-0.2, 0) is 73.6 Å². The molecule has 30 heteroatoms. The third kappa shape index (κ3) is 22.1. The van der Waals surface area contributed by atoms with Gasteiger partial charge in [-0.15, -0.1) is 0 Å². The average molecular weight is 1280 g/mol. The summed E-state index contributed by atoms with van der Waals surface area (Å²) in [5, 5.41) is 52.8. The van der Waals surface area contributed by atoms with Crippen molar-refractivity contribution in [2.24, 2.45) is 23.1 Å². The maximum Gasteiger partial charge on any atom is 0.334 e. The quantitative estimate of drug-likeness (QED) is 0.00995. The maximum absolute atomic E-state index is 14.5. The number of nitrogens with one attached hydrogen (secondary N) is 14. The van der Waals surface area contributed by atoms with Crippen molar-refractivity contribution in [3.63, 3.8) is 0 Å². The highest BCUT2D eigenvalue weighted by molar-refractivity contribution is 5.99. The van der Waals surface area contributed by atoms with Crippen LogP contribution in [0.1, 0.15) is 75.6 Å². The Balaban J connectivity index is 1.15. The van der Waals surface area contributed by atoms with Crippen molar-refractivity contribution in [1.82, 2.24) is 68.7 Å². The van der Waals surface area contributed by atoms with Crippen LogP contribution in [0.15, 0.2) is 116 Å². The lowest BCUT2D eigenvalue weighted by atomic mass is 10.0. The molecule has 2 aromatic heterocycles. The van der Waals surface area contributed by atoms with Gasteiger partial charge >= 0.3 is 6.03 Å². The Kier molecular flexibility index (Phi) is 26.2. The summed E-state index contributed by atoms with van der Waals surface area (Å²) in [6, 6.07) is 15.4. The average Bonchev–Trinajstić information content (AvgIpc) is 1.98. The van der Waals surface area contributed by atoms with Gasteiger partial charge < -0.3 is 85.2 Å². The summed E-state index contributed by atoms with van der Waals surface area (Å²) in [5.41, 5.74) is 24.9. The molecule has 30 nitrogen and oxygen atoms in total. The number of hydrogen-bond acceptors (Lipinski definition) is 14. The molecule has 0 unspecified atom stereocenters. The lowest BCUT2D eigenvalue weighted by molar-refractivity contribution is -0.137. The molecule has 0 bridgehead atoms. The number of carbonyl (C=O) groups is 11. The first-order valence-electron chi connectivity index (χ1n) is 30.0. The number of aliphatic hydroxyl groups is 1. The van der Waals surface area contributed by atoms with Gasteiger partial charge in [0.25, 0.3) is 5.91 Å². The first-order valence-corrected chi connectivity index (χ1v) is 30.0. The molecule has 2 heterocycles. The highest BCUT2D eigenvalue weighted by atomic mass is 16.3. The van der Waals surface area contributed by atoms with E-state index in [9.17, 15) is 63.0 Å². The number of amides is 12. The Morgan fingerprint density at radius 3 is 1.53 bits per heavy atom. The summed E-state index contributed by atoms with van der Waals surface area (Å²) in [5.74, 6) is -9.98. The molecule has 0 spiro atoms. The number of aromatic amines is 2. The number of aromatic nitrogens is 2. The summed E-state index contributed by atoms with van der Waals surface area (Å²) in [6.07, 6.45) is 0.373. The number of phenols is 1. The zero-order valence-electron chi connectivity index (χ0n) is 51.7. The Hall–Kier alpha value is -11.0. The molecule has 6 aromatic rings. The third-order valence-corrected chi connectivity index (χ3v) is 14.8. The second-order valence-electron chi connectivity index (χ2n) is 22.8. The molecule has 0 radical (unpaired) electrons. The van der Waals surface area contributed by atoms with Crippen molar-refractivity contribution >= 4 is 92.9 Å². The lowest BCUT2D eigenvalue weighted by Gasteiger charge is -2.28. The van der Waals surface area contributed by atoms with Crippen molar-refractivity contribution in [3.8, 4) is 5.75 Å². The van der Waals surface area contributed by atoms with Crippen molar-refractivity contribution < 1.29 is 63.0 Å². The van der Waals surface area contributed by atoms with E-state index in [1.165, 1.54) is 31.2 Å². The summed E-state index contributed by atoms with van der Waals surface area (Å²) in [6.45, 7) is 5.98. The van der Waals surface area contributed by atoms with E-state index < -0.39 is 126 Å². The fraction of sp³-hybridized carbons (Fsp3) is 0.365. The van der Waals surface area contributed by atoms with Crippen molar-refractivity contribution in [2.75, 3.05) is 6.54 Å². The van der Waals surface area contributed by atoms with E-state index in [1.54, 1.807) is 80.8 Å². The Morgan fingerprint density at radius 1 is 0.505 bits per heavy atom. The van der Waals surface area contributed by atoms with Gasteiger partial charge in [-0.05, 0) is 78.6 Å². The fourth-order valence-electron chi connectivity index (χ4n) is 10.2. The fourth-order valence-corrected chi connectivity index (χ4v) is 10.2. The van der Waals surface area contributed by atoms with E-state index in [4.69, 9.17) is 22.6 Å². The number of nitrogens with two attached hydrogens (primary N) is 3. The zero-order valence-corrected chi connectivity index (χ0v) is 51.7. The van der Waals surface area contributed by atoms with Gasteiger partial charge in [-0.3, -0.25) is 58.8 Å². The van der Waals surface area contributed by atoms with Crippen molar-refractivity contribution in [1.29, 1.82) is 5.41 Å². The van der Waals surface area contributed by atoms with Gasteiger partial charge in [0.15, 0.2) is 5.96 Å². The molecule has 22 N–H and O–H groups in total. The van der Waals surface area contributed by atoms with Crippen LogP contribution in [0.4, 0.5) is 4.79 Å². The van der Waals surface area contributed by atoms with E-state index in [0.29, 0.717) is 33.2 Å². The van der Waals surface area contributed by atoms with Crippen molar-refractivity contribution in [2.45, 2.75) is 134 Å². The second-order valence-corrected chi connectivity index (χ2v) is 22.8. The standard InChI is InChI=1S/C63H81N17O13/c1-33(2)25-47(56(87)72-45(19-12-24-68-62(66)67)55(86)73-46(54(65)85)28-38-31-69-43-17-10-8-15-41(38)43)77-63(93)80-79-60(91)49(26-36-13-6-5-7-14-36)76-61(92)53(34(3)81)78-59(90)51(30-52(64)84)75-58(89)50(29-39-32-70-44-18-11-9-16-42(39)44)74-57(88)48(71-35(4)82)27-37-20-22-40(83)23-21-37/h5-11,13-18,20-23,31-34,45-51,53,69-70,81,83H,12,19,24-30H2,1-4H3,(H2,64,84)(H2,65,85)(H,71,82)(H,72,87)(H,73,86)(H,74,88)(H,75,89)(H,76,92)(H,78,90)(H,79,91)(H4,66,67,68)(H2,77,80,93)/t34-,45+,46+,47+,48-,49+,50-,51+,53+/m1/s1. The predicted octanol–water partition coefficient (Wildman–Crippen LogP) is -1.21. The molecule has 0 saturated heterocycles. The van der Waals surface area contributed by atoms with E-state index in [1.807, 2.05) is 24.3 Å². The minimum atomic E-state index is -1.90. The van der Waals surface area contributed by atoms with Crippen LogP contribution in [0, 0.1) is 11.3 Å². The monoisotopic (exact) mass is 1280 g/mol. The molecule has 0 aliphatic rings. The number of guanidine groups is 1. The van der Waals surface area contributed by atoms with Crippen LogP contribution in [0.5, 0.6) is 5.75 Å². The van der Waals surface area contributed by atoms with E-state index in [-0.39, 0.29) is 69.1 Å². The Labute approximate surface area is 534 Å². The number of fused-ring (bicyclic) bond motifs is 2. The minimum Gasteiger partial charge on any atom is -0.508 e. The number of rotatable bonds is 33. The number of benzene rings is 4. The summed E-state index contributed by atoms with van der Waals surface area (Å²) in [7, 11) is 0. The van der Waals surface area contributed by atoms with Crippen LogP contribution in [0.25, 0.3) is 21.8 Å². The van der Waals surface area contributed by atoms with E-state index >= 15 is 0 Å². The minimum absolute atomic E-state index is 0.00530.